The van der Waals surface area contributed by atoms with Crippen molar-refractivity contribution in [2.24, 2.45) is 0 Å². The summed E-state index contributed by atoms with van der Waals surface area (Å²) in [5.74, 6) is 0. The molecule has 4 fully saturated rings. The third kappa shape index (κ3) is 7.44. The van der Waals surface area contributed by atoms with Crippen LogP contribution in [-0.2, 0) is 33.2 Å². The van der Waals surface area contributed by atoms with Gasteiger partial charge in [0.25, 0.3) is 0 Å². The molecule has 0 amide bonds. The quantitative estimate of drug-likeness (QED) is 0.103. The SMILES string of the molecule is OCC1O[C@@H](O[C@@H]2C(CO)O[C@@H](O[C@@H]3C(CO)O[C@H](O[C@H]4C(CO)O[C@H](O)C(O)C4O)C(O)C3O)C(O)C2O)C(O)C(O)[C@@H]1O. The zero-order chi connectivity index (χ0) is 33.3. The minimum Gasteiger partial charge on any atom is -0.394 e. The summed E-state index contributed by atoms with van der Waals surface area (Å²) in [6.07, 6.45) is -35.3. The average Bonchev–Trinajstić information content (AvgIpc) is 3.03. The molecule has 4 aliphatic heterocycles. The van der Waals surface area contributed by atoms with Crippen LogP contribution in [0.25, 0.3) is 0 Å². The van der Waals surface area contributed by atoms with Gasteiger partial charge in [0.05, 0.1) is 26.4 Å². The summed E-state index contributed by atoms with van der Waals surface area (Å²) in [5.41, 5.74) is 0. The fourth-order valence-corrected chi connectivity index (χ4v) is 5.55. The van der Waals surface area contributed by atoms with E-state index >= 15 is 0 Å². The molecular formula is C24H42O21. The molecule has 0 spiro atoms. The fraction of sp³-hybridized carbons (Fsp3) is 1.00. The maximum Gasteiger partial charge on any atom is 0.187 e. The lowest BCUT2D eigenvalue weighted by Crippen LogP contribution is -2.67. The average molecular weight is 667 g/mol. The van der Waals surface area contributed by atoms with Crippen molar-refractivity contribution in [3.63, 3.8) is 0 Å². The standard InChI is InChI=1S/C24H42O21/c25-1-5-9(29)10(30)15(35)22(40-5)44-19-7(3-27)42-24(17(37)12(19)32)45-20-8(4-28)41-23(16(36)13(20)33)43-18-6(2-26)39-21(38)14(34)11(18)31/h5-38H,1-4H2/t5?,6?,7?,8?,9-,10?,11?,12?,13?,14?,15?,16?,17?,18+,19-,20-,21+,22+,23-,24+/m1/s1. The molecule has 4 saturated heterocycles. The normalized spacial score (nSPS) is 52.9. The summed E-state index contributed by atoms with van der Waals surface area (Å²) in [5, 5.41) is 142. The molecule has 14 N–H and O–H groups in total. The Bertz CT molecular complexity index is 910. The van der Waals surface area contributed by atoms with E-state index in [9.17, 15) is 71.5 Å². The lowest BCUT2D eigenvalue weighted by molar-refractivity contribution is -0.387. The van der Waals surface area contributed by atoms with E-state index in [-0.39, 0.29) is 0 Å². The van der Waals surface area contributed by atoms with Crippen LogP contribution in [0.2, 0.25) is 0 Å². The van der Waals surface area contributed by atoms with Gasteiger partial charge in [0.15, 0.2) is 25.2 Å². The Balaban J connectivity index is 1.43. The van der Waals surface area contributed by atoms with Gasteiger partial charge in [-0.3, -0.25) is 0 Å². The number of hydrogen-bond acceptors (Lipinski definition) is 21. The molecule has 0 aromatic carbocycles. The third-order valence-corrected chi connectivity index (χ3v) is 8.20. The number of rotatable bonds is 10. The molecule has 45 heavy (non-hydrogen) atoms. The third-order valence-electron chi connectivity index (χ3n) is 8.20. The Labute approximate surface area is 254 Å². The van der Waals surface area contributed by atoms with Crippen LogP contribution < -0.4 is 0 Å². The van der Waals surface area contributed by atoms with Gasteiger partial charge in [0.1, 0.15) is 97.7 Å². The van der Waals surface area contributed by atoms with Crippen molar-refractivity contribution in [1.29, 1.82) is 0 Å². The van der Waals surface area contributed by atoms with Gasteiger partial charge in [-0.05, 0) is 0 Å². The van der Waals surface area contributed by atoms with Crippen LogP contribution in [-0.4, -0.2) is 221 Å². The highest BCUT2D eigenvalue weighted by Crippen LogP contribution is 2.34. The predicted molar refractivity (Wildman–Crippen MR) is 134 cm³/mol. The van der Waals surface area contributed by atoms with Crippen LogP contribution in [0.4, 0.5) is 0 Å². The van der Waals surface area contributed by atoms with Gasteiger partial charge < -0.3 is 105 Å². The second-order valence-corrected chi connectivity index (χ2v) is 11.1. The maximum absolute atomic E-state index is 10.9. The molecule has 0 saturated carbocycles. The van der Waals surface area contributed by atoms with Crippen molar-refractivity contribution in [2.45, 2.75) is 123 Å². The molecule has 0 aromatic heterocycles. The van der Waals surface area contributed by atoms with Crippen LogP contribution in [0.1, 0.15) is 0 Å². The molecule has 21 heteroatoms. The van der Waals surface area contributed by atoms with E-state index in [2.05, 4.69) is 0 Å². The van der Waals surface area contributed by atoms with Crippen molar-refractivity contribution in [2.75, 3.05) is 26.4 Å². The first-order chi connectivity index (χ1) is 21.3. The maximum atomic E-state index is 10.9. The van der Waals surface area contributed by atoms with Gasteiger partial charge in [-0.15, -0.1) is 0 Å². The zero-order valence-electron chi connectivity index (χ0n) is 23.5. The van der Waals surface area contributed by atoms with Crippen LogP contribution in [0, 0.1) is 0 Å². The van der Waals surface area contributed by atoms with E-state index < -0.39 is 149 Å². The van der Waals surface area contributed by atoms with Gasteiger partial charge >= 0.3 is 0 Å². The molecule has 21 nitrogen and oxygen atoms in total. The Morgan fingerprint density at radius 1 is 0.333 bits per heavy atom. The first kappa shape index (κ1) is 37.0. The highest BCUT2D eigenvalue weighted by Gasteiger charge is 2.55. The predicted octanol–water partition coefficient (Wildman–Crippen LogP) is -9.75. The second kappa shape index (κ2) is 15.6. The largest absolute Gasteiger partial charge is 0.394 e. The van der Waals surface area contributed by atoms with Crippen LogP contribution in [0.3, 0.4) is 0 Å². The Hall–Kier alpha value is -0.840. The Morgan fingerprint density at radius 3 is 1.02 bits per heavy atom. The molecule has 20 atom stereocenters. The highest BCUT2D eigenvalue weighted by molar-refractivity contribution is 4.97. The second-order valence-electron chi connectivity index (χ2n) is 11.1. The van der Waals surface area contributed by atoms with Crippen molar-refractivity contribution < 1.29 is 105 Å². The van der Waals surface area contributed by atoms with Crippen LogP contribution in [0.15, 0.2) is 0 Å². The molecule has 4 rings (SSSR count). The smallest absolute Gasteiger partial charge is 0.187 e. The Morgan fingerprint density at radius 2 is 0.644 bits per heavy atom. The number of aliphatic hydroxyl groups excluding tert-OH is 14. The molecule has 4 heterocycles. The summed E-state index contributed by atoms with van der Waals surface area (Å²) in [4.78, 5) is 0. The van der Waals surface area contributed by atoms with Gasteiger partial charge in [-0.2, -0.15) is 0 Å². The van der Waals surface area contributed by atoms with Gasteiger partial charge in [-0.25, -0.2) is 0 Å². The van der Waals surface area contributed by atoms with E-state index in [4.69, 9.17) is 33.2 Å². The van der Waals surface area contributed by atoms with Crippen molar-refractivity contribution in [1.82, 2.24) is 0 Å². The summed E-state index contributed by atoms with van der Waals surface area (Å²) in [6, 6.07) is 0. The Kier molecular flexibility index (Phi) is 12.8. The molecule has 264 valence electrons. The number of ether oxygens (including phenoxy) is 7. The minimum absolute atomic E-state index is 0.784. The molecule has 0 aromatic rings. The van der Waals surface area contributed by atoms with Crippen molar-refractivity contribution in [3.05, 3.63) is 0 Å². The molecular weight excluding hydrogens is 624 g/mol. The number of hydrogen-bond donors (Lipinski definition) is 14. The van der Waals surface area contributed by atoms with Gasteiger partial charge in [0.2, 0.25) is 0 Å². The number of aliphatic hydroxyl groups is 14. The summed E-state index contributed by atoms with van der Waals surface area (Å²) in [6.45, 7) is -3.39. The summed E-state index contributed by atoms with van der Waals surface area (Å²) < 4.78 is 37.7. The highest BCUT2D eigenvalue weighted by atomic mass is 16.8. The van der Waals surface area contributed by atoms with E-state index in [0.29, 0.717) is 0 Å². The van der Waals surface area contributed by atoms with E-state index in [0.717, 1.165) is 0 Å². The monoisotopic (exact) mass is 666 g/mol. The van der Waals surface area contributed by atoms with Crippen LogP contribution in [0.5, 0.6) is 0 Å². The fourth-order valence-electron chi connectivity index (χ4n) is 5.55. The van der Waals surface area contributed by atoms with Crippen molar-refractivity contribution >= 4 is 0 Å². The minimum atomic E-state index is -2.02. The summed E-state index contributed by atoms with van der Waals surface area (Å²) in [7, 11) is 0. The van der Waals surface area contributed by atoms with Crippen molar-refractivity contribution in [3.8, 4) is 0 Å². The van der Waals surface area contributed by atoms with E-state index in [1.165, 1.54) is 0 Å². The van der Waals surface area contributed by atoms with Crippen LogP contribution >= 0.6 is 0 Å². The first-order valence-electron chi connectivity index (χ1n) is 14.1. The molecule has 0 bridgehead atoms. The topological polar surface area (TPSA) is 348 Å². The molecule has 12 unspecified atom stereocenters. The van der Waals surface area contributed by atoms with E-state index in [1.54, 1.807) is 0 Å². The van der Waals surface area contributed by atoms with E-state index in [1.807, 2.05) is 0 Å². The zero-order valence-corrected chi connectivity index (χ0v) is 23.5. The lowest BCUT2D eigenvalue weighted by Gasteiger charge is -2.49. The van der Waals surface area contributed by atoms with Gasteiger partial charge in [-0.1, -0.05) is 0 Å². The summed E-state index contributed by atoms with van der Waals surface area (Å²) >= 11 is 0. The molecule has 0 radical (unpaired) electrons. The molecule has 0 aliphatic carbocycles. The first-order valence-corrected chi connectivity index (χ1v) is 14.1. The lowest BCUT2D eigenvalue weighted by atomic mass is 9.95. The van der Waals surface area contributed by atoms with Gasteiger partial charge in [0, 0.05) is 0 Å². The molecule has 4 aliphatic rings.